The number of pyridine rings is 1. The number of aryl methyl sites for hydroxylation is 1. The molecule has 3 saturated heterocycles. The lowest BCUT2D eigenvalue weighted by molar-refractivity contribution is -0.182. The van der Waals surface area contributed by atoms with Crippen LogP contribution in [0.5, 0.6) is 0 Å². The summed E-state index contributed by atoms with van der Waals surface area (Å²) in [6, 6.07) is 7.31. The molecule has 10 nitrogen and oxygen atoms in total. The van der Waals surface area contributed by atoms with Gasteiger partial charge in [-0.25, -0.2) is 9.37 Å². The molecule has 2 amide bonds. The fraction of sp³-hybridized carbons (Fsp3) is 0.625. The van der Waals surface area contributed by atoms with Crippen molar-refractivity contribution in [1.29, 1.82) is 0 Å². The van der Waals surface area contributed by atoms with E-state index in [1.165, 1.54) is 17.7 Å². The summed E-state index contributed by atoms with van der Waals surface area (Å²) in [4.78, 5) is 42.4. The Bertz CT molecular complexity index is 1700. The van der Waals surface area contributed by atoms with Gasteiger partial charge >= 0.3 is 0 Å². The number of aromatic nitrogens is 2. The maximum atomic E-state index is 14.7. The summed E-state index contributed by atoms with van der Waals surface area (Å²) in [6.45, 7) is 21.0. The number of likely N-dealkylation sites (tertiary alicyclic amines) is 1. The van der Waals surface area contributed by atoms with E-state index in [9.17, 15) is 14.0 Å². The zero-order valence-corrected chi connectivity index (χ0v) is 32.0. The summed E-state index contributed by atoms with van der Waals surface area (Å²) in [5.74, 6) is 1.38. The van der Waals surface area contributed by atoms with Crippen LogP contribution in [0.15, 0.2) is 36.7 Å². The summed E-state index contributed by atoms with van der Waals surface area (Å²) >= 11 is 0. The summed E-state index contributed by atoms with van der Waals surface area (Å²) in [6.07, 6.45) is 6.36. The Balaban J connectivity index is 1.11. The molecule has 5 heterocycles. The lowest BCUT2D eigenvalue weighted by Crippen LogP contribution is -2.72. The maximum absolute atomic E-state index is 14.7. The van der Waals surface area contributed by atoms with E-state index in [2.05, 4.69) is 50.2 Å². The van der Waals surface area contributed by atoms with Gasteiger partial charge in [0.2, 0.25) is 5.91 Å². The smallest absolute Gasteiger partial charge is 0.254 e. The standard InChI is InChI=1S/C40H58FN7O3/c1-9-47(28(4)5)38(49)35-20-32(41)12-13-33(35)34-19-30(24-48-29(6)42-21-37(34)48)31-22-45(23-31)36(27(2)3)11-10-14-44-15-17-46(18-16-44)40(25-51-26-40)39(50)43(7)8/h12-13,19-21,24,27-28,31,36H,9-11,14-18,22-23,25-26H2,1-8H3/t36-/m1/s1. The van der Waals surface area contributed by atoms with Crippen molar-refractivity contribution in [2.45, 2.75) is 77.9 Å². The van der Waals surface area contributed by atoms with Crippen molar-refractivity contribution >= 4 is 17.3 Å². The number of ether oxygens (including phenoxy) is 1. The average molecular weight is 704 g/mol. The molecule has 0 bridgehead atoms. The topological polar surface area (TPSA) is 76.9 Å². The van der Waals surface area contributed by atoms with Gasteiger partial charge in [0.15, 0.2) is 0 Å². The number of likely N-dealkylation sites (N-methyl/N-ethyl adjacent to an activating group) is 1. The molecule has 0 saturated carbocycles. The number of rotatable bonds is 13. The van der Waals surface area contributed by atoms with Crippen LogP contribution < -0.4 is 0 Å². The first kappa shape index (κ1) is 37.4. The Morgan fingerprint density at radius 1 is 1.04 bits per heavy atom. The highest BCUT2D eigenvalue weighted by Crippen LogP contribution is 2.37. The molecule has 51 heavy (non-hydrogen) atoms. The molecule has 3 aliphatic rings. The van der Waals surface area contributed by atoms with Crippen molar-refractivity contribution in [3.05, 3.63) is 59.4 Å². The maximum Gasteiger partial charge on any atom is 0.254 e. The molecule has 6 rings (SSSR count). The summed E-state index contributed by atoms with van der Waals surface area (Å²) in [5, 5.41) is 0. The first-order chi connectivity index (χ1) is 24.3. The highest BCUT2D eigenvalue weighted by atomic mass is 19.1. The van der Waals surface area contributed by atoms with Crippen molar-refractivity contribution in [3.8, 4) is 11.1 Å². The van der Waals surface area contributed by atoms with E-state index in [-0.39, 0.29) is 17.9 Å². The Labute approximate surface area is 303 Å². The van der Waals surface area contributed by atoms with Gasteiger partial charge in [-0.3, -0.25) is 19.4 Å². The van der Waals surface area contributed by atoms with Gasteiger partial charge in [0.05, 0.1) is 30.5 Å². The van der Waals surface area contributed by atoms with E-state index in [0.29, 0.717) is 43.2 Å². The van der Waals surface area contributed by atoms with Crippen LogP contribution in [0.25, 0.3) is 16.6 Å². The third-order valence-corrected chi connectivity index (χ3v) is 11.6. The van der Waals surface area contributed by atoms with E-state index in [1.807, 2.05) is 48.0 Å². The van der Waals surface area contributed by atoms with Gasteiger partial charge in [-0.15, -0.1) is 0 Å². The quantitative estimate of drug-likeness (QED) is 0.248. The number of halogens is 1. The number of amides is 2. The normalized spacial score (nSPS) is 19.4. The Morgan fingerprint density at radius 3 is 2.33 bits per heavy atom. The summed E-state index contributed by atoms with van der Waals surface area (Å²) < 4.78 is 22.3. The number of carbonyl (C=O) groups excluding carboxylic acids is 2. The predicted molar refractivity (Wildman–Crippen MR) is 200 cm³/mol. The summed E-state index contributed by atoms with van der Waals surface area (Å²) in [5.41, 5.74) is 3.70. The van der Waals surface area contributed by atoms with Gasteiger partial charge in [-0.05, 0) is 82.3 Å². The van der Waals surface area contributed by atoms with Crippen molar-refractivity contribution in [2.24, 2.45) is 5.92 Å². The summed E-state index contributed by atoms with van der Waals surface area (Å²) in [7, 11) is 3.67. The average Bonchev–Trinajstić information content (AvgIpc) is 3.43. The molecule has 3 aliphatic heterocycles. The van der Waals surface area contributed by atoms with Crippen LogP contribution in [0, 0.1) is 18.7 Å². The lowest BCUT2D eigenvalue weighted by atomic mass is 9.85. The van der Waals surface area contributed by atoms with Gasteiger partial charge in [0, 0.05) is 89.7 Å². The minimum Gasteiger partial charge on any atom is -0.376 e. The van der Waals surface area contributed by atoms with E-state index < -0.39 is 11.4 Å². The number of carbonyl (C=O) groups is 2. The minimum absolute atomic E-state index is 0.00213. The van der Waals surface area contributed by atoms with Gasteiger partial charge < -0.3 is 23.8 Å². The second kappa shape index (κ2) is 15.3. The van der Waals surface area contributed by atoms with E-state index in [0.717, 1.165) is 81.1 Å². The fourth-order valence-corrected chi connectivity index (χ4v) is 8.52. The SMILES string of the molecule is CCN(C(=O)c1cc(F)ccc1-c1cc(C2CN([C@H](CCCN3CCN(C4(C(=O)N(C)C)COC4)CC3)C(C)C)C2)cn2c(C)ncc12)C(C)C. The van der Waals surface area contributed by atoms with Crippen LogP contribution >= 0.6 is 0 Å². The molecule has 11 heteroatoms. The molecule has 278 valence electrons. The monoisotopic (exact) mass is 703 g/mol. The van der Waals surface area contributed by atoms with Crippen LogP contribution in [0.2, 0.25) is 0 Å². The first-order valence-corrected chi connectivity index (χ1v) is 18.9. The highest BCUT2D eigenvalue weighted by Gasteiger charge is 2.52. The molecule has 2 aromatic heterocycles. The highest BCUT2D eigenvalue weighted by molar-refractivity contribution is 6.03. The zero-order valence-electron chi connectivity index (χ0n) is 32.0. The molecular formula is C40H58FN7O3. The number of hydrogen-bond acceptors (Lipinski definition) is 7. The van der Waals surface area contributed by atoms with Crippen LogP contribution in [0.1, 0.15) is 75.1 Å². The van der Waals surface area contributed by atoms with Crippen LogP contribution in [-0.2, 0) is 9.53 Å². The molecule has 1 aromatic carbocycles. The molecule has 1 atom stereocenters. The van der Waals surface area contributed by atoms with E-state index >= 15 is 0 Å². The molecule has 0 radical (unpaired) electrons. The van der Waals surface area contributed by atoms with Crippen molar-refractivity contribution < 1.29 is 18.7 Å². The third kappa shape index (κ3) is 7.32. The Hall–Kier alpha value is -3.38. The zero-order chi connectivity index (χ0) is 36.6. The third-order valence-electron chi connectivity index (χ3n) is 11.6. The predicted octanol–water partition coefficient (Wildman–Crippen LogP) is 5.00. The largest absolute Gasteiger partial charge is 0.376 e. The number of nitrogens with zero attached hydrogens (tertiary/aromatic N) is 7. The number of benzene rings is 1. The van der Waals surface area contributed by atoms with Crippen molar-refractivity contribution in [2.75, 3.05) is 79.7 Å². The minimum atomic E-state index is -0.475. The Kier molecular flexibility index (Phi) is 11.2. The number of hydrogen-bond donors (Lipinski definition) is 0. The number of imidazole rings is 1. The number of fused-ring (bicyclic) bond motifs is 1. The van der Waals surface area contributed by atoms with Crippen LogP contribution in [-0.4, -0.2) is 143 Å². The van der Waals surface area contributed by atoms with E-state index in [1.54, 1.807) is 15.9 Å². The lowest BCUT2D eigenvalue weighted by Gasteiger charge is -2.51. The van der Waals surface area contributed by atoms with Crippen molar-refractivity contribution in [1.82, 2.24) is 33.9 Å². The van der Waals surface area contributed by atoms with Gasteiger partial charge in [-0.1, -0.05) is 19.9 Å². The van der Waals surface area contributed by atoms with Gasteiger partial charge in [0.25, 0.3) is 5.91 Å². The molecule has 0 spiro atoms. The van der Waals surface area contributed by atoms with Crippen LogP contribution in [0.4, 0.5) is 4.39 Å². The first-order valence-electron chi connectivity index (χ1n) is 18.9. The molecule has 0 unspecified atom stereocenters. The molecule has 0 aliphatic carbocycles. The molecule has 0 N–H and O–H groups in total. The van der Waals surface area contributed by atoms with E-state index in [4.69, 9.17) is 4.74 Å². The van der Waals surface area contributed by atoms with Gasteiger partial charge in [0.1, 0.15) is 17.2 Å². The second-order valence-electron chi connectivity index (χ2n) is 15.8. The van der Waals surface area contributed by atoms with Gasteiger partial charge in [-0.2, -0.15) is 0 Å². The van der Waals surface area contributed by atoms with Crippen molar-refractivity contribution in [3.63, 3.8) is 0 Å². The fourth-order valence-electron chi connectivity index (χ4n) is 8.52. The van der Waals surface area contributed by atoms with Crippen LogP contribution in [0.3, 0.4) is 0 Å². The second-order valence-corrected chi connectivity index (χ2v) is 15.8. The Morgan fingerprint density at radius 2 is 1.75 bits per heavy atom. The molecule has 3 aromatic rings. The molecular weight excluding hydrogens is 645 g/mol. The molecule has 3 fully saturated rings. The number of piperazine rings is 1.